The average Bonchev–Trinajstić information content (AvgIpc) is 3.60. The third kappa shape index (κ3) is 3.57. The van der Waals surface area contributed by atoms with Gasteiger partial charge in [0, 0.05) is 0 Å². The number of hydrogen-bond acceptors (Lipinski definition) is 2. The van der Waals surface area contributed by atoms with Crippen LogP contribution in [0.25, 0.3) is 49.9 Å². The molecule has 4 heteroatoms. The topological polar surface area (TPSA) is 30.7 Å². The zero-order chi connectivity index (χ0) is 29.1. The van der Waals surface area contributed by atoms with Crippen molar-refractivity contribution in [2.75, 3.05) is 0 Å². The third-order valence-electron chi connectivity index (χ3n) is 9.17. The predicted molar refractivity (Wildman–Crippen MR) is 184 cm³/mol. The molecule has 0 unspecified atom stereocenters. The Balaban J connectivity index is 1.38. The van der Waals surface area contributed by atoms with Gasteiger partial charge in [0.1, 0.15) is 0 Å². The van der Waals surface area contributed by atoms with Crippen LogP contribution in [-0.4, -0.2) is 27.8 Å². The Morgan fingerprint density at radius 1 is 0.477 bits per heavy atom. The first-order valence-electron chi connectivity index (χ1n) is 15.0. The van der Waals surface area contributed by atoms with Gasteiger partial charge in [0.05, 0.1) is 0 Å². The molecule has 9 rings (SSSR count). The molecule has 0 aliphatic carbocycles. The van der Waals surface area contributed by atoms with E-state index in [0.29, 0.717) is 0 Å². The first-order chi connectivity index (χ1) is 21.8. The standard InChI is InChI=1S/C40H27GeN3/c1-4-17-35-31(14-1)32-15-2-5-18-36(32)41(35,40-21-8-10-25-43-40)29-22-23-34-33-16-3-6-20-38(33)44(39(34)27-29)30-13-11-12-28(26-30)37-19-7-9-24-42-37/h1-27H. The molecule has 0 atom stereocenters. The first kappa shape index (κ1) is 25.3. The fourth-order valence-corrected chi connectivity index (χ4v) is 17.9. The van der Waals surface area contributed by atoms with Crippen LogP contribution in [0, 0.1) is 0 Å². The van der Waals surface area contributed by atoms with Gasteiger partial charge in [-0.25, -0.2) is 0 Å². The Labute approximate surface area is 258 Å². The molecule has 0 bridgehead atoms. The molecule has 0 saturated heterocycles. The molecule has 0 saturated carbocycles. The number of benzene rings is 5. The van der Waals surface area contributed by atoms with Gasteiger partial charge in [0.15, 0.2) is 0 Å². The van der Waals surface area contributed by atoms with Crippen LogP contribution < -0.4 is 17.7 Å². The van der Waals surface area contributed by atoms with Crippen LogP contribution in [0.15, 0.2) is 164 Å². The molecule has 0 radical (unpaired) electrons. The molecule has 0 amide bonds. The number of para-hydroxylation sites is 1. The molecular formula is C40H27GeN3. The van der Waals surface area contributed by atoms with Crippen molar-refractivity contribution >= 4 is 52.8 Å². The Bertz CT molecular complexity index is 2300. The number of rotatable bonds is 4. The maximum absolute atomic E-state index is 5.13. The number of aromatic nitrogens is 3. The van der Waals surface area contributed by atoms with Crippen LogP contribution in [0.1, 0.15) is 0 Å². The molecule has 4 heterocycles. The fourth-order valence-electron chi connectivity index (χ4n) is 7.37. The van der Waals surface area contributed by atoms with E-state index in [1.54, 1.807) is 0 Å². The van der Waals surface area contributed by atoms with Crippen molar-refractivity contribution in [1.29, 1.82) is 0 Å². The van der Waals surface area contributed by atoms with Crippen LogP contribution in [0.3, 0.4) is 0 Å². The summed E-state index contributed by atoms with van der Waals surface area (Å²) in [4.78, 5) is 9.76. The molecule has 3 nitrogen and oxygen atoms in total. The normalized spacial score (nSPS) is 13.2. The van der Waals surface area contributed by atoms with Crippen molar-refractivity contribution in [3.63, 3.8) is 0 Å². The van der Waals surface area contributed by atoms with Gasteiger partial charge in [-0.3, -0.25) is 0 Å². The van der Waals surface area contributed by atoms with Gasteiger partial charge in [-0.05, 0) is 0 Å². The van der Waals surface area contributed by atoms with Crippen molar-refractivity contribution in [2.45, 2.75) is 0 Å². The van der Waals surface area contributed by atoms with E-state index >= 15 is 0 Å². The monoisotopic (exact) mass is 623 g/mol. The summed E-state index contributed by atoms with van der Waals surface area (Å²) in [6.45, 7) is 0. The molecule has 0 fully saturated rings. The fraction of sp³-hybridized carbons (Fsp3) is 0. The molecule has 8 aromatic rings. The van der Waals surface area contributed by atoms with Crippen molar-refractivity contribution in [1.82, 2.24) is 14.5 Å². The van der Waals surface area contributed by atoms with Crippen molar-refractivity contribution < 1.29 is 0 Å². The summed E-state index contributed by atoms with van der Waals surface area (Å²) in [5, 5.41) is 2.51. The Morgan fingerprint density at radius 3 is 1.91 bits per heavy atom. The van der Waals surface area contributed by atoms with Gasteiger partial charge in [0.2, 0.25) is 0 Å². The Morgan fingerprint density at radius 2 is 1.16 bits per heavy atom. The van der Waals surface area contributed by atoms with E-state index in [1.165, 1.54) is 50.6 Å². The van der Waals surface area contributed by atoms with Gasteiger partial charge in [-0.15, -0.1) is 0 Å². The van der Waals surface area contributed by atoms with Crippen LogP contribution >= 0.6 is 0 Å². The molecule has 0 spiro atoms. The van der Waals surface area contributed by atoms with E-state index in [9.17, 15) is 0 Å². The summed E-state index contributed by atoms with van der Waals surface area (Å²) in [5.74, 6) is 0. The summed E-state index contributed by atoms with van der Waals surface area (Å²) in [6.07, 6.45) is 3.82. The summed E-state index contributed by atoms with van der Waals surface area (Å²) in [6, 6.07) is 55.3. The van der Waals surface area contributed by atoms with Gasteiger partial charge in [-0.1, -0.05) is 0 Å². The molecule has 1 aliphatic rings. The SMILES string of the molecule is c1ccc(-c2cccc(-n3c4ccccc4c4cc[c]([Ge]5([c]6ccccn6)[c]6ccccc6-c6cccc[c]65)cc43)c2)nc1. The van der Waals surface area contributed by atoms with E-state index in [0.717, 1.165) is 16.9 Å². The van der Waals surface area contributed by atoms with Crippen molar-refractivity contribution in [2.24, 2.45) is 0 Å². The first-order valence-corrected chi connectivity index (χ1v) is 19.2. The van der Waals surface area contributed by atoms with Gasteiger partial charge < -0.3 is 0 Å². The minimum atomic E-state index is -3.47. The Hall–Kier alpha value is -5.26. The zero-order valence-electron chi connectivity index (χ0n) is 23.9. The van der Waals surface area contributed by atoms with Gasteiger partial charge >= 0.3 is 259 Å². The van der Waals surface area contributed by atoms with Crippen LogP contribution in [-0.2, 0) is 0 Å². The molecule has 5 aromatic carbocycles. The average molecular weight is 622 g/mol. The van der Waals surface area contributed by atoms with Gasteiger partial charge in [-0.2, -0.15) is 0 Å². The van der Waals surface area contributed by atoms with E-state index in [2.05, 4.69) is 143 Å². The van der Waals surface area contributed by atoms with Gasteiger partial charge in [0.25, 0.3) is 0 Å². The number of hydrogen-bond donors (Lipinski definition) is 0. The van der Waals surface area contributed by atoms with Crippen LogP contribution in [0.2, 0.25) is 0 Å². The van der Waals surface area contributed by atoms with E-state index in [-0.39, 0.29) is 0 Å². The second-order valence-corrected chi connectivity index (χ2v) is 19.1. The quantitative estimate of drug-likeness (QED) is 0.207. The maximum atomic E-state index is 5.13. The number of fused-ring (bicyclic) bond motifs is 6. The molecule has 1 aliphatic heterocycles. The third-order valence-corrected chi connectivity index (χ3v) is 19.1. The summed E-state index contributed by atoms with van der Waals surface area (Å²) in [7, 11) is 0. The van der Waals surface area contributed by atoms with Crippen LogP contribution in [0.5, 0.6) is 0 Å². The Kier molecular flexibility index (Phi) is 5.68. The zero-order valence-corrected chi connectivity index (χ0v) is 26.0. The van der Waals surface area contributed by atoms with E-state index < -0.39 is 13.3 Å². The number of pyridine rings is 2. The molecular weight excluding hydrogens is 595 g/mol. The second-order valence-electron chi connectivity index (χ2n) is 11.4. The summed E-state index contributed by atoms with van der Waals surface area (Å²) >= 11 is -3.47. The molecule has 44 heavy (non-hydrogen) atoms. The summed E-state index contributed by atoms with van der Waals surface area (Å²) in [5.41, 5.74) is 8.30. The van der Waals surface area contributed by atoms with E-state index in [4.69, 9.17) is 4.98 Å². The van der Waals surface area contributed by atoms with Crippen molar-refractivity contribution in [3.05, 3.63) is 164 Å². The summed E-state index contributed by atoms with van der Waals surface area (Å²) < 4.78 is 7.93. The molecule has 3 aromatic heterocycles. The molecule has 0 N–H and O–H groups in total. The minimum absolute atomic E-state index is 0.971. The van der Waals surface area contributed by atoms with E-state index in [1.807, 2.05) is 30.6 Å². The predicted octanol–water partition coefficient (Wildman–Crippen LogP) is 6.60. The van der Waals surface area contributed by atoms with Crippen molar-refractivity contribution in [3.8, 4) is 28.1 Å². The van der Waals surface area contributed by atoms with Crippen LogP contribution in [0.4, 0.5) is 0 Å². The number of nitrogens with zero attached hydrogens (tertiary/aromatic N) is 3. The molecule has 206 valence electrons. The second kappa shape index (κ2) is 9.90.